The van der Waals surface area contributed by atoms with Crippen LogP contribution in [0.4, 0.5) is 5.95 Å². The van der Waals surface area contributed by atoms with Gasteiger partial charge < -0.3 is 16.0 Å². The van der Waals surface area contributed by atoms with Crippen molar-refractivity contribution in [1.82, 2.24) is 14.9 Å². The molecule has 1 aliphatic rings. The fraction of sp³-hybridized carbons (Fsp3) is 0.174. The molecule has 0 saturated carbocycles. The molecule has 2 heterocycles. The van der Waals surface area contributed by atoms with Crippen molar-refractivity contribution in [2.45, 2.75) is 12.5 Å². The van der Waals surface area contributed by atoms with E-state index in [-0.39, 0.29) is 11.9 Å². The van der Waals surface area contributed by atoms with Crippen molar-refractivity contribution >= 4 is 34.7 Å². The van der Waals surface area contributed by atoms with Crippen LogP contribution in [0.15, 0.2) is 54.7 Å². The van der Waals surface area contributed by atoms with Gasteiger partial charge in [0.05, 0.1) is 17.1 Å². The highest BCUT2D eigenvalue weighted by Crippen LogP contribution is 2.19. The summed E-state index contributed by atoms with van der Waals surface area (Å²) in [5.41, 5.74) is 7.73. The molecule has 1 aromatic heterocycles. The van der Waals surface area contributed by atoms with E-state index in [2.05, 4.69) is 21.4 Å². The number of anilines is 1. The van der Waals surface area contributed by atoms with Crippen LogP contribution in [0.25, 0.3) is 17.0 Å². The topological polar surface area (TPSA) is 125 Å². The molecular formula is C23H20N6O2. The molecule has 0 spiro atoms. The number of nitrogens with one attached hydrogen (secondary N) is 1. The number of likely N-dealkylation sites (tertiary alicyclic amines) is 1. The molecule has 0 radical (unpaired) electrons. The predicted octanol–water partition coefficient (Wildman–Crippen LogP) is 2.33. The monoisotopic (exact) mass is 412 g/mol. The van der Waals surface area contributed by atoms with Crippen molar-refractivity contribution in [3.8, 4) is 6.07 Å². The Bertz CT molecular complexity index is 1210. The van der Waals surface area contributed by atoms with Crippen molar-refractivity contribution in [3.05, 3.63) is 71.4 Å². The summed E-state index contributed by atoms with van der Waals surface area (Å²) in [4.78, 5) is 34.3. The maximum absolute atomic E-state index is 12.8. The summed E-state index contributed by atoms with van der Waals surface area (Å²) in [5.74, 6) is -0.0861. The Hall–Kier alpha value is -4.25. The largest absolute Gasteiger partial charge is 0.366 e. The highest BCUT2D eigenvalue weighted by molar-refractivity contribution is 5.95. The van der Waals surface area contributed by atoms with E-state index in [1.165, 1.54) is 6.08 Å². The van der Waals surface area contributed by atoms with Crippen LogP contribution >= 0.6 is 0 Å². The molecule has 8 nitrogen and oxygen atoms in total. The fourth-order valence-electron chi connectivity index (χ4n) is 3.51. The fourth-order valence-corrected chi connectivity index (χ4v) is 3.51. The lowest BCUT2D eigenvalue weighted by molar-refractivity contribution is -0.113. The van der Waals surface area contributed by atoms with E-state index in [9.17, 15) is 9.59 Å². The van der Waals surface area contributed by atoms with Crippen molar-refractivity contribution < 1.29 is 9.59 Å². The third kappa shape index (κ3) is 4.67. The number of nitrogens with zero attached hydrogens (tertiary/aromatic N) is 4. The number of hydrogen-bond acceptors (Lipinski definition) is 6. The van der Waals surface area contributed by atoms with Crippen LogP contribution < -0.4 is 11.1 Å². The van der Waals surface area contributed by atoms with Gasteiger partial charge in [0.2, 0.25) is 11.9 Å². The number of nitrogens with two attached hydrogens (primary N) is 1. The Balaban J connectivity index is 1.40. The highest BCUT2D eigenvalue weighted by Gasteiger charge is 2.27. The van der Waals surface area contributed by atoms with Gasteiger partial charge in [-0.15, -0.1) is 0 Å². The number of carbonyl (C=O) groups is 2. The normalized spacial score (nSPS) is 15.8. The molecule has 154 valence electrons. The lowest BCUT2D eigenvalue weighted by Crippen LogP contribution is -2.31. The summed E-state index contributed by atoms with van der Waals surface area (Å²) in [6, 6.07) is 14.5. The van der Waals surface area contributed by atoms with Crippen LogP contribution in [0.3, 0.4) is 0 Å². The summed E-state index contributed by atoms with van der Waals surface area (Å²) in [5, 5.41) is 13.2. The predicted molar refractivity (Wildman–Crippen MR) is 117 cm³/mol. The average Bonchev–Trinajstić information content (AvgIpc) is 3.25. The van der Waals surface area contributed by atoms with Gasteiger partial charge in [0.1, 0.15) is 0 Å². The number of fused-ring (bicyclic) bond motifs is 1. The summed E-state index contributed by atoms with van der Waals surface area (Å²) in [7, 11) is 0. The maximum Gasteiger partial charge on any atom is 0.253 e. The number of nitriles is 1. The number of benzene rings is 2. The quantitative estimate of drug-likeness (QED) is 0.620. The Morgan fingerprint density at radius 1 is 1.23 bits per heavy atom. The molecule has 31 heavy (non-hydrogen) atoms. The number of aromatic nitrogens is 2. The smallest absolute Gasteiger partial charge is 0.253 e. The maximum atomic E-state index is 12.8. The standard InChI is InChI=1S/C23H20N6O2/c24-12-16-3-7-18-13-26-23(28-20(18)11-16)27-19-9-10-29(14-19)22(31)17-5-1-15(2-6-17)4-8-21(25)30/h1-8,11,13,19H,9-10,14H2,(H2,25,30)(H,26,27,28)/t19-/m1/s1. The molecule has 2 aromatic carbocycles. The van der Waals surface area contributed by atoms with Gasteiger partial charge in [-0.1, -0.05) is 12.1 Å². The van der Waals surface area contributed by atoms with Crippen LogP contribution in [0.5, 0.6) is 0 Å². The van der Waals surface area contributed by atoms with E-state index < -0.39 is 5.91 Å². The number of rotatable bonds is 5. The van der Waals surface area contributed by atoms with Gasteiger partial charge in [-0.3, -0.25) is 9.59 Å². The third-order valence-corrected chi connectivity index (χ3v) is 5.12. The first-order chi connectivity index (χ1) is 15.0. The minimum absolute atomic E-state index is 0.0401. The van der Waals surface area contributed by atoms with E-state index in [4.69, 9.17) is 11.0 Å². The third-order valence-electron chi connectivity index (χ3n) is 5.12. The van der Waals surface area contributed by atoms with Gasteiger partial charge in [-0.05, 0) is 48.4 Å². The zero-order chi connectivity index (χ0) is 21.8. The Kier molecular flexibility index (Phi) is 5.58. The second kappa shape index (κ2) is 8.63. The first-order valence-electron chi connectivity index (χ1n) is 9.82. The number of primary amides is 1. The molecule has 0 unspecified atom stereocenters. The Labute approximate surface area is 179 Å². The van der Waals surface area contributed by atoms with E-state index in [0.29, 0.717) is 35.7 Å². The lowest BCUT2D eigenvalue weighted by Gasteiger charge is -2.17. The van der Waals surface area contributed by atoms with E-state index in [1.54, 1.807) is 53.6 Å². The van der Waals surface area contributed by atoms with Gasteiger partial charge in [0.15, 0.2) is 0 Å². The molecule has 0 aliphatic carbocycles. The molecule has 1 fully saturated rings. The van der Waals surface area contributed by atoms with Crippen molar-refractivity contribution in [2.75, 3.05) is 18.4 Å². The van der Waals surface area contributed by atoms with E-state index >= 15 is 0 Å². The molecule has 1 aliphatic heterocycles. The molecular weight excluding hydrogens is 392 g/mol. The highest BCUT2D eigenvalue weighted by atomic mass is 16.2. The zero-order valence-electron chi connectivity index (χ0n) is 16.7. The van der Waals surface area contributed by atoms with E-state index in [1.807, 2.05) is 6.07 Å². The second-order valence-corrected chi connectivity index (χ2v) is 7.32. The summed E-state index contributed by atoms with van der Waals surface area (Å²) >= 11 is 0. The Morgan fingerprint density at radius 2 is 2.03 bits per heavy atom. The van der Waals surface area contributed by atoms with Gasteiger partial charge in [0.25, 0.3) is 5.91 Å². The molecule has 3 N–H and O–H groups in total. The van der Waals surface area contributed by atoms with Crippen LogP contribution in [0, 0.1) is 11.3 Å². The van der Waals surface area contributed by atoms with E-state index in [0.717, 1.165) is 17.4 Å². The molecule has 0 bridgehead atoms. The molecule has 1 atom stereocenters. The Morgan fingerprint density at radius 3 is 2.77 bits per heavy atom. The summed E-state index contributed by atoms with van der Waals surface area (Å²) in [6.45, 7) is 1.17. The molecule has 3 aromatic rings. The van der Waals surface area contributed by atoms with Crippen LogP contribution in [-0.4, -0.2) is 45.8 Å². The van der Waals surface area contributed by atoms with Crippen LogP contribution in [0.1, 0.15) is 27.9 Å². The SMILES string of the molecule is N#Cc1ccc2cnc(N[C@@H]3CCN(C(=O)c4ccc(C=CC(N)=O)cc4)C3)nc2c1. The number of hydrogen-bond donors (Lipinski definition) is 2. The molecule has 8 heteroatoms. The van der Waals surface area contributed by atoms with Crippen molar-refractivity contribution in [3.63, 3.8) is 0 Å². The molecule has 4 rings (SSSR count). The van der Waals surface area contributed by atoms with Crippen LogP contribution in [-0.2, 0) is 4.79 Å². The molecule has 1 saturated heterocycles. The van der Waals surface area contributed by atoms with Gasteiger partial charge in [0, 0.05) is 42.4 Å². The van der Waals surface area contributed by atoms with Gasteiger partial charge >= 0.3 is 0 Å². The first kappa shape index (κ1) is 20.0. The number of amides is 2. The second-order valence-electron chi connectivity index (χ2n) is 7.32. The van der Waals surface area contributed by atoms with Crippen molar-refractivity contribution in [2.24, 2.45) is 5.73 Å². The minimum atomic E-state index is -0.517. The average molecular weight is 412 g/mol. The summed E-state index contributed by atoms with van der Waals surface area (Å²) in [6.07, 6.45) is 5.39. The van der Waals surface area contributed by atoms with Crippen LogP contribution in [0.2, 0.25) is 0 Å². The van der Waals surface area contributed by atoms with Gasteiger partial charge in [-0.25, -0.2) is 9.97 Å². The van der Waals surface area contributed by atoms with Gasteiger partial charge in [-0.2, -0.15) is 5.26 Å². The lowest BCUT2D eigenvalue weighted by atomic mass is 10.1. The summed E-state index contributed by atoms with van der Waals surface area (Å²) < 4.78 is 0. The minimum Gasteiger partial charge on any atom is -0.366 e. The zero-order valence-corrected chi connectivity index (χ0v) is 16.7. The van der Waals surface area contributed by atoms with Crippen molar-refractivity contribution in [1.29, 1.82) is 5.26 Å². The number of carbonyl (C=O) groups excluding carboxylic acids is 2. The first-order valence-corrected chi connectivity index (χ1v) is 9.82. The molecule has 2 amide bonds.